The molecule has 0 aliphatic heterocycles. The standard InChI is InChI=1S/C55H86O6/c1-4-7-10-13-16-19-21-23-25-27-29-31-33-36-39-42-45-48-54(57)60-51-52(50-59-53(56)47-44-41-38-35-18-15-12-9-6-3)61-55(58)49-46-43-40-37-34-32-30-28-26-24-22-20-17-14-11-8-5-2/h7-8,10-11,16-17,19-20,23-26,29-32,36-37,39-40,52H,4-6,9,12-15,18,21-22,27-28,33-35,38,41-51H2,1-3H3/b10-7-,11-8-,19-16-,20-17-,25-23-,26-24-,31-29-,32-30-,39-36-,40-37-/t52-/m1/s1. The summed E-state index contributed by atoms with van der Waals surface area (Å²) in [5.74, 6) is -1.06. The van der Waals surface area contributed by atoms with Gasteiger partial charge in [0.05, 0.1) is 0 Å². The van der Waals surface area contributed by atoms with E-state index in [0.717, 1.165) is 96.3 Å². The van der Waals surface area contributed by atoms with Gasteiger partial charge in [0.25, 0.3) is 0 Å². The molecular formula is C55H86O6. The number of carbonyl (C=O) groups excluding carboxylic acids is 3. The Labute approximate surface area is 373 Å². The lowest BCUT2D eigenvalue weighted by atomic mass is 10.1. The van der Waals surface area contributed by atoms with Crippen molar-refractivity contribution in [1.82, 2.24) is 0 Å². The van der Waals surface area contributed by atoms with Gasteiger partial charge >= 0.3 is 17.9 Å². The van der Waals surface area contributed by atoms with Crippen LogP contribution in [0, 0.1) is 0 Å². The predicted octanol–water partition coefficient (Wildman–Crippen LogP) is 15.7. The van der Waals surface area contributed by atoms with Crippen LogP contribution in [-0.4, -0.2) is 37.2 Å². The minimum atomic E-state index is -0.830. The molecule has 0 N–H and O–H groups in total. The summed E-state index contributed by atoms with van der Waals surface area (Å²) in [6.45, 7) is 6.26. The van der Waals surface area contributed by atoms with E-state index in [1.165, 1.54) is 38.5 Å². The predicted molar refractivity (Wildman–Crippen MR) is 260 cm³/mol. The molecule has 342 valence electrons. The zero-order chi connectivity index (χ0) is 44.4. The maximum absolute atomic E-state index is 12.7. The number of rotatable bonds is 41. The third-order valence-corrected chi connectivity index (χ3v) is 9.46. The van der Waals surface area contributed by atoms with Crippen molar-refractivity contribution < 1.29 is 28.6 Å². The molecule has 6 nitrogen and oxygen atoms in total. The Kier molecular flexibility index (Phi) is 45.1. The molecule has 0 fully saturated rings. The van der Waals surface area contributed by atoms with Crippen LogP contribution in [0.1, 0.15) is 188 Å². The minimum absolute atomic E-state index is 0.121. The number of esters is 3. The lowest BCUT2D eigenvalue weighted by molar-refractivity contribution is -0.167. The molecule has 6 heteroatoms. The molecule has 61 heavy (non-hydrogen) atoms. The second kappa shape index (κ2) is 48.5. The van der Waals surface area contributed by atoms with Gasteiger partial charge in [-0.05, 0) is 96.3 Å². The van der Waals surface area contributed by atoms with E-state index in [4.69, 9.17) is 14.2 Å². The molecular weight excluding hydrogens is 757 g/mol. The van der Waals surface area contributed by atoms with E-state index in [9.17, 15) is 14.4 Å². The van der Waals surface area contributed by atoms with Crippen molar-refractivity contribution in [2.24, 2.45) is 0 Å². The summed E-state index contributed by atoms with van der Waals surface area (Å²) in [6.07, 6.45) is 66.2. The third kappa shape index (κ3) is 46.7. The van der Waals surface area contributed by atoms with Gasteiger partial charge in [-0.2, -0.15) is 0 Å². The lowest BCUT2D eigenvalue weighted by Gasteiger charge is -2.18. The first-order valence-corrected chi connectivity index (χ1v) is 24.0. The summed E-state index contributed by atoms with van der Waals surface area (Å²) in [6, 6.07) is 0. The van der Waals surface area contributed by atoms with Gasteiger partial charge in [-0.3, -0.25) is 14.4 Å². The molecule has 0 aliphatic carbocycles. The molecule has 0 aromatic rings. The van der Waals surface area contributed by atoms with Crippen LogP contribution in [0.3, 0.4) is 0 Å². The molecule has 0 spiro atoms. The normalized spacial score (nSPS) is 13.2. The highest BCUT2D eigenvalue weighted by Crippen LogP contribution is 2.12. The minimum Gasteiger partial charge on any atom is -0.462 e. The molecule has 0 radical (unpaired) electrons. The van der Waals surface area contributed by atoms with Crippen LogP contribution in [-0.2, 0) is 28.6 Å². The van der Waals surface area contributed by atoms with Crippen LogP contribution in [0.25, 0.3) is 0 Å². The van der Waals surface area contributed by atoms with Crippen molar-refractivity contribution in [3.8, 4) is 0 Å². The van der Waals surface area contributed by atoms with Gasteiger partial charge in [0.2, 0.25) is 0 Å². The van der Waals surface area contributed by atoms with Gasteiger partial charge in [-0.1, -0.05) is 194 Å². The van der Waals surface area contributed by atoms with Crippen LogP contribution < -0.4 is 0 Å². The zero-order valence-corrected chi connectivity index (χ0v) is 38.9. The third-order valence-electron chi connectivity index (χ3n) is 9.46. The van der Waals surface area contributed by atoms with Crippen molar-refractivity contribution in [3.05, 3.63) is 122 Å². The van der Waals surface area contributed by atoms with E-state index in [-0.39, 0.29) is 44.0 Å². The summed E-state index contributed by atoms with van der Waals surface area (Å²) in [5, 5.41) is 0. The fourth-order valence-electron chi connectivity index (χ4n) is 5.92. The maximum atomic E-state index is 12.7. The summed E-state index contributed by atoms with van der Waals surface area (Å²) in [4.78, 5) is 37.8. The summed E-state index contributed by atoms with van der Waals surface area (Å²) < 4.78 is 16.6. The summed E-state index contributed by atoms with van der Waals surface area (Å²) in [5.41, 5.74) is 0. The molecule has 0 saturated carbocycles. The van der Waals surface area contributed by atoms with Gasteiger partial charge in [-0.15, -0.1) is 0 Å². The van der Waals surface area contributed by atoms with Crippen LogP contribution in [0.4, 0.5) is 0 Å². The Morgan fingerprint density at radius 2 is 0.639 bits per heavy atom. The van der Waals surface area contributed by atoms with Crippen LogP contribution in [0.5, 0.6) is 0 Å². The Morgan fingerprint density at radius 3 is 1.00 bits per heavy atom. The van der Waals surface area contributed by atoms with Gasteiger partial charge in [0.1, 0.15) is 13.2 Å². The second-order valence-corrected chi connectivity index (χ2v) is 15.3. The first kappa shape index (κ1) is 56.8. The van der Waals surface area contributed by atoms with E-state index < -0.39 is 6.10 Å². The Bertz CT molecular complexity index is 1340. The Morgan fingerprint density at radius 1 is 0.344 bits per heavy atom. The molecule has 0 unspecified atom stereocenters. The number of carbonyl (C=O) groups is 3. The molecule has 0 aromatic heterocycles. The van der Waals surface area contributed by atoms with E-state index in [0.29, 0.717) is 19.3 Å². The molecule has 0 rings (SSSR count). The van der Waals surface area contributed by atoms with Gasteiger partial charge in [0, 0.05) is 19.3 Å². The highest BCUT2D eigenvalue weighted by molar-refractivity contribution is 5.71. The van der Waals surface area contributed by atoms with Gasteiger partial charge in [0.15, 0.2) is 6.10 Å². The van der Waals surface area contributed by atoms with Gasteiger partial charge in [-0.25, -0.2) is 0 Å². The molecule has 1 atom stereocenters. The molecule has 0 amide bonds. The first-order valence-electron chi connectivity index (χ1n) is 24.0. The zero-order valence-electron chi connectivity index (χ0n) is 38.9. The maximum Gasteiger partial charge on any atom is 0.306 e. The number of hydrogen-bond donors (Lipinski definition) is 0. The first-order chi connectivity index (χ1) is 30.0. The van der Waals surface area contributed by atoms with E-state index in [1.54, 1.807) is 0 Å². The van der Waals surface area contributed by atoms with Crippen molar-refractivity contribution in [3.63, 3.8) is 0 Å². The fourth-order valence-corrected chi connectivity index (χ4v) is 5.92. The second-order valence-electron chi connectivity index (χ2n) is 15.3. The van der Waals surface area contributed by atoms with Crippen molar-refractivity contribution in [2.45, 2.75) is 194 Å². The fraction of sp³-hybridized carbons (Fsp3) is 0.582. The molecule has 0 bridgehead atoms. The van der Waals surface area contributed by atoms with Crippen molar-refractivity contribution in [2.75, 3.05) is 13.2 Å². The smallest absolute Gasteiger partial charge is 0.306 e. The van der Waals surface area contributed by atoms with E-state index >= 15 is 0 Å². The number of ether oxygens (including phenoxy) is 3. The highest BCUT2D eigenvalue weighted by atomic mass is 16.6. The Hall–Kier alpha value is -4.19. The van der Waals surface area contributed by atoms with E-state index in [1.807, 2.05) is 0 Å². The summed E-state index contributed by atoms with van der Waals surface area (Å²) in [7, 11) is 0. The van der Waals surface area contributed by atoms with Gasteiger partial charge < -0.3 is 14.2 Å². The van der Waals surface area contributed by atoms with Crippen LogP contribution in [0.15, 0.2) is 122 Å². The molecule has 0 saturated heterocycles. The molecule has 0 aromatic carbocycles. The Balaban J connectivity index is 4.57. The SMILES string of the molecule is CC/C=C\C/C=C\C/C=C\C/C=C\C/C=C\CCCC(=O)OC[C@@H](COC(=O)CCCCCCCCCCC)OC(=O)CCC/C=C\C/C=C\C/C=C\C/C=C\C/C=C\CC. The largest absolute Gasteiger partial charge is 0.462 e. The van der Waals surface area contributed by atoms with Crippen LogP contribution in [0.2, 0.25) is 0 Å². The lowest BCUT2D eigenvalue weighted by Crippen LogP contribution is -2.30. The van der Waals surface area contributed by atoms with E-state index in [2.05, 4.69) is 142 Å². The number of allylic oxidation sites excluding steroid dienone is 20. The van der Waals surface area contributed by atoms with Crippen molar-refractivity contribution >= 4 is 17.9 Å². The summed E-state index contributed by atoms with van der Waals surface area (Å²) >= 11 is 0. The van der Waals surface area contributed by atoms with Crippen molar-refractivity contribution in [1.29, 1.82) is 0 Å². The number of hydrogen-bond acceptors (Lipinski definition) is 6. The topological polar surface area (TPSA) is 78.9 Å². The molecule has 0 heterocycles. The quantitative estimate of drug-likeness (QED) is 0.0264. The van der Waals surface area contributed by atoms with Crippen LogP contribution >= 0.6 is 0 Å². The highest BCUT2D eigenvalue weighted by Gasteiger charge is 2.19. The average Bonchev–Trinajstić information content (AvgIpc) is 3.26. The monoisotopic (exact) mass is 843 g/mol. The number of unbranched alkanes of at least 4 members (excludes halogenated alkanes) is 10. The average molecular weight is 843 g/mol. The molecule has 0 aliphatic rings.